The number of ether oxygens (including phenoxy) is 1. The summed E-state index contributed by atoms with van der Waals surface area (Å²) in [5, 5.41) is 2.13. The van der Waals surface area contributed by atoms with Crippen LogP contribution in [0.2, 0.25) is 0 Å². The predicted molar refractivity (Wildman–Crippen MR) is 92.3 cm³/mol. The van der Waals surface area contributed by atoms with Crippen molar-refractivity contribution in [2.45, 2.75) is 12.8 Å². The smallest absolute Gasteiger partial charge is 0.308 e. The van der Waals surface area contributed by atoms with Crippen LogP contribution in [0.3, 0.4) is 0 Å². The van der Waals surface area contributed by atoms with Gasteiger partial charge in [-0.3, -0.25) is 9.59 Å². The highest BCUT2D eigenvalue weighted by atomic mass is 79.9. The zero-order valence-electron chi connectivity index (χ0n) is 12.9. The number of esters is 1. The Labute approximate surface area is 143 Å². The van der Waals surface area contributed by atoms with Gasteiger partial charge in [0.15, 0.2) is 0 Å². The van der Waals surface area contributed by atoms with Crippen LogP contribution in [-0.2, 0) is 9.53 Å². The molecule has 0 aliphatic carbocycles. The first kappa shape index (κ1) is 16.0. The zero-order valence-corrected chi connectivity index (χ0v) is 14.5. The number of nitrogens with zero attached hydrogens (tertiary/aromatic N) is 1. The van der Waals surface area contributed by atoms with Gasteiger partial charge >= 0.3 is 5.97 Å². The van der Waals surface area contributed by atoms with E-state index in [9.17, 15) is 9.59 Å². The maximum atomic E-state index is 12.7. The van der Waals surface area contributed by atoms with Gasteiger partial charge in [-0.05, 0) is 41.8 Å². The summed E-state index contributed by atoms with van der Waals surface area (Å²) >= 11 is 3.52. The monoisotopic (exact) mass is 375 g/mol. The summed E-state index contributed by atoms with van der Waals surface area (Å²) < 4.78 is 5.80. The number of benzene rings is 2. The molecule has 0 bridgehead atoms. The average Bonchev–Trinajstić information content (AvgIpc) is 2.60. The van der Waals surface area contributed by atoms with Crippen LogP contribution in [-0.4, -0.2) is 37.0 Å². The zero-order chi connectivity index (χ0) is 16.4. The fourth-order valence-electron chi connectivity index (χ4n) is 3.04. The number of likely N-dealkylation sites (tertiary alicyclic amines) is 1. The van der Waals surface area contributed by atoms with Crippen LogP contribution >= 0.6 is 15.9 Å². The minimum atomic E-state index is -0.173. The van der Waals surface area contributed by atoms with Crippen molar-refractivity contribution < 1.29 is 14.3 Å². The van der Waals surface area contributed by atoms with Crippen molar-refractivity contribution in [2.75, 3.05) is 20.2 Å². The van der Waals surface area contributed by atoms with Crippen molar-refractivity contribution in [3.05, 3.63) is 46.4 Å². The summed E-state index contributed by atoms with van der Waals surface area (Å²) in [7, 11) is 1.41. The van der Waals surface area contributed by atoms with E-state index >= 15 is 0 Å². The van der Waals surface area contributed by atoms with Crippen LogP contribution in [0, 0.1) is 5.92 Å². The Morgan fingerprint density at radius 3 is 2.61 bits per heavy atom. The van der Waals surface area contributed by atoms with E-state index in [0.29, 0.717) is 31.5 Å². The highest BCUT2D eigenvalue weighted by Gasteiger charge is 2.28. The molecule has 0 radical (unpaired) electrons. The van der Waals surface area contributed by atoms with Gasteiger partial charge < -0.3 is 9.64 Å². The number of carbonyl (C=O) groups excluding carboxylic acids is 2. The maximum Gasteiger partial charge on any atom is 0.308 e. The minimum absolute atomic E-state index is 0.0233. The van der Waals surface area contributed by atoms with Gasteiger partial charge in [-0.2, -0.15) is 0 Å². The summed E-state index contributed by atoms with van der Waals surface area (Å²) in [5.74, 6) is -0.237. The standard InChI is InChI=1S/C18H18BrNO3/c1-23-18(22)12-7-9-20(10-8-12)17(21)14-5-6-15-13(11-14)3-2-4-16(15)19/h2-6,11-12H,7-10H2,1H3. The maximum absolute atomic E-state index is 12.7. The van der Waals surface area contributed by atoms with Crippen molar-refractivity contribution in [1.82, 2.24) is 4.90 Å². The molecular formula is C18H18BrNO3. The van der Waals surface area contributed by atoms with E-state index in [0.717, 1.165) is 15.2 Å². The number of amides is 1. The molecule has 0 aromatic heterocycles. The van der Waals surface area contributed by atoms with Gasteiger partial charge in [-0.1, -0.05) is 34.1 Å². The van der Waals surface area contributed by atoms with Gasteiger partial charge in [0.1, 0.15) is 0 Å². The lowest BCUT2D eigenvalue weighted by Crippen LogP contribution is -2.40. The van der Waals surface area contributed by atoms with Crippen molar-refractivity contribution in [2.24, 2.45) is 5.92 Å². The van der Waals surface area contributed by atoms with Crippen LogP contribution in [0.1, 0.15) is 23.2 Å². The summed E-state index contributed by atoms with van der Waals surface area (Å²) in [4.78, 5) is 26.1. The van der Waals surface area contributed by atoms with Crippen LogP contribution in [0.4, 0.5) is 0 Å². The van der Waals surface area contributed by atoms with Crippen LogP contribution in [0.5, 0.6) is 0 Å². The third-order valence-corrected chi connectivity index (χ3v) is 5.08. The topological polar surface area (TPSA) is 46.6 Å². The number of rotatable bonds is 2. The van der Waals surface area contributed by atoms with Gasteiger partial charge in [0.25, 0.3) is 5.91 Å². The fraction of sp³-hybridized carbons (Fsp3) is 0.333. The molecule has 0 N–H and O–H groups in total. The average molecular weight is 376 g/mol. The highest BCUT2D eigenvalue weighted by molar-refractivity contribution is 9.10. The molecule has 0 atom stereocenters. The molecule has 23 heavy (non-hydrogen) atoms. The van der Waals surface area contributed by atoms with E-state index in [1.54, 1.807) is 0 Å². The van der Waals surface area contributed by atoms with E-state index in [1.807, 2.05) is 41.3 Å². The summed E-state index contributed by atoms with van der Waals surface area (Å²) in [5.41, 5.74) is 0.687. The fourth-order valence-corrected chi connectivity index (χ4v) is 3.56. The molecule has 1 aliphatic rings. The second-order valence-corrected chi connectivity index (χ2v) is 6.62. The molecule has 120 valence electrons. The van der Waals surface area contributed by atoms with Crippen molar-refractivity contribution in [3.63, 3.8) is 0 Å². The van der Waals surface area contributed by atoms with Gasteiger partial charge in [-0.25, -0.2) is 0 Å². The van der Waals surface area contributed by atoms with Crippen molar-refractivity contribution >= 4 is 38.6 Å². The Kier molecular flexibility index (Phi) is 4.66. The third-order valence-electron chi connectivity index (χ3n) is 4.39. The number of methoxy groups -OCH3 is 1. The first-order valence-corrected chi connectivity index (χ1v) is 8.45. The van der Waals surface area contributed by atoms with Crippen LogP contribution in [0.25, 0.3) is 10.8 Å². The molecule has 0 unspecified atom stereocenters. The Morgan fingerprint density at radius 2 is 1.91 bits per heavy atom. The van der Waals surface area contributed by atoms with Crippen LogP contribution < -0.4 is 0 Å². The number of hydrogen-bond donors (Lipinski definition) is 0. The molecule has 3 rings (SSSR count). The van der Waals surface area contributed by atoms with E-state index in [4.69, 9.17) is 4.74 Å². The molecule has 5 heteroatoms. The Balaban J connectivity index is 1.75. The Hall–Kier alpha value is -1.88. The normalized spacial score (nSPS) is 15.7. The molecule has 2 aromatic carbocycles. The van der Waals surface area contributed by atoms with Gasteiger partial charge in [0, 0.05) is 23.1 Å². The SMILES string of the molecule is COC(=O)C1CCN(C(=O)c2ccc3c(Br)cccc3c2)CC1. The van der Waals surface area contributed by atoms with Gasteiger partial charge in [0.2, 0.25) is 0 Å². The lowest BCUT2D eigenvalue weighted by atomic mass is 9.96. The van der Waals surface area contributed by atoms with Crippen molar-refractivity contribution in [1.29, 1.82) is 0 Å². The quantitative estimate of drug-likeness (QED) is 0.752. The molecule has 1 heterocycles. The molecule has 1 amide bonds. The second kappa shape index (κ2) is 6.71. The van der Waals surface area contributed by atoms with Crippen LogP contribution in [0.15, 0.2) is 40.9 Å². The summed E-state index contributed by atoms with van der Waals surface area (Å²) in [6, 6.07) is 11.7. The number of hydrogen-bond acceptors (Lipinski definition) is 3. The molecular weight excluding hydrogens is 358 g/mol. The van der Waals surface area contributed by atoms with E-state index in [2.05, 4.69) is 15.9 Å². The van der Waals surface area contributed by atoms with E-state index in [1.165, 1.54) is 7.11 Å². The first-order valence-electron chi connectivity index (χ1n) is 7.65. The van der Waals surface area contributed by atoms with Gasteiger partial charge in [-0.15, -0.1) is 0 Å². The van der Waals surface area contributed by atoms with E-state index < -0.39 is 0 Å². The summed E-state index contributed by atoms with van der Waals surface area (Å²) in [6.45, 7) is 1.18. The predicted octanol–water partition coefficient (Wildman–Crippen LogP) is 3.63. The highest BCUT2D eigenvalue weighted by Crippen LogP contribution is 2.26. The number of piperidine rings is 1. The number of carbonyl (C=O) groups is 2. The van der Waals surface area contributed by atoms with Gasteiger partial charge in [0.05, 0.1) is 13.0 Å². The molecule has 0 saturated carbocycles. The molecule has 0 spiro atoms. The molecule has 1 fully saturated rings. The molecule has 4 nitrogen and oxygen atoms in total. The minimum Gasteiger partial charge on any atom is -0.469 e. The molecule has 2 aromatic rings. The third kappa shape index (κ3) is 3.24. The van der Waals surface area contributed by atoms with E-state index in [-0.39, 0.29) is 17.8 Å². The molecule has 1 aliphatic heterocycles. The lowest BCUT2D eigenvalue weighted by molar-refractivity contribution is -0.146. The summed E-state index contributed by atoms with van der Waals surface area (Å²) in [6.07, 6.45) is 1.33. The first-order chi connectivity index (χ1) is 11.1. The molecule has 1 saturated heterocycles. The Morgan fingerprint density at radius 1 is 1.17 bits per heavy atom. The Bertz CT molecular complexity index is 751. The lowest BCUT2D eigenvalue weighted by Gasteiger charge is -2.30. The number of fused-ring (bicyclic) bond motifs is 1. The van der Waals surface area contributed by atoms with Crippen molar-refractivity contribution in [3.8, 4) is 0 Å². The second-order valence-electron chi connectivity index (χ2n) is 5.77. The number of halogens is 1. The largest absolute Gasteiger partial charge is 0.469 e.